The fourth-order valence-electron chi connectivity index (χ4n) is 2.99. The minimum atomic E-state index is -3.71. The minimum Gasteiger partial charge on any atom is -0.349 e. The smallest absolute Gasteiger partial charge is 0.285 e. The molecule has 27 heavy (non-hydrogen) atoms. The van der Waals surface area contributed by atoms with E-state index in [4.69, 9.17) is 0 Å². The van der Waals surface area contributed by atoms with E-state index in [1.807, 2.05) is 30.3 Å². The van der Waals surface area contributed by atoms with Crippen LogP contribution in [0.4, 0.5) is 5.69 Å². The molecule has 3 aromatic rings. The van der Waals surface area contributed by atoms with E-state index < -0.39 is 10.0 Å². The maximum atomic E-state index is 12.4. The van der Waals surface area contributed by atoms with Crippen molar-refractivity contribution in [3.05, 3.63) is 66.4 Å². The first kappa shape index (κ1) is 17.2. The number of nitrogens with one attached hydrogen (secondary N) is 1. The first-order chi connectivity index (χ1) is 12.9. The predicted octanol–water partition coefficient (Wildman–Crippen LogP) is 2.25. The molecule has 0 spiro atoms. The van der Waals surface area contributed by atoms with Crippen LogP contribution in [0.2, 0.25) is 0 Å². The summed E-state index contributed by atoms with van der Waals surface area (Å²) in [4.78, 5) is 18.4. The number of fused-ring (bicyclic) bond motifs is 2. The number of sulfonamides is 1. The molecule has 7 nitrogen and oxygen atoms in total. The summed E-state index contributed by atoms with van der Waals surface area (Å²) in [6.45, 7) is -0.0461. The van der Waals surface area contributed by atoms with E-state index in [0.717, 1.165) is 10.9 Å². The van der Waals surface area contributed by atoms with E-state index >= 15 is 0 Å². The number of carbonyl (C=O) groups excluding carboxylic acids is 1. The highest BCUT2D eigenvalue weighted by Crippen LogP contribution is 2.26. The minimum absolute atomic E-state index is 0.0461. The third-order valence-corrected chi connectivity index (χ3v) is 5.55. The highest BCUT2D eigenvalue weighted by molar-refractivity contribution is 7.90. The molecule has 0 fully saturated rings. The zero-order valence-corrected chi connectivity index (χ0v) is 15.3. The van der Waals surface area contributed by atoms with Gasteiger partial charge in [-0.05, 0) is 24.3 Å². The number of benzene rings is 2. The van der Waals surface area contributed by atoms with Gasteiger partial charge in [0.15, 0.2) is 5.84 Å². The Bertz CT molecular complexity index is 1190. The van der Waals surface area contributed by atoms with Gasteiger partial charge in [0.05, 0.1) is 23.9 Å². The first-order valence-corrected chi connectivity index (χ1v) is 9.68. The molecule has 1 aliphatic rings. The van der Waals surface area contributed by atoms with Crippen molar-refractivity contribution in [2.45, 2.75) is 4.90 Å². The summed E-state index contributed by atoms with van der Waals surface area (Å²) in [5, 5.41) is 3.71. The third-order valence-electron chi connectivity index (χ3n) is 4.23. The molecule has 0 bridgehead atoms. The van der Waals surface area contributed by atoms with E-state index in [1.165, 1.54) is 11.0 Å². The summed E-state index contributed by atoms with van der Waals surface area (Å²) in [7, 11) is -2.08. The average Bonchev–Trinajstić information content (AvgIpc) is 2.93. The van der Waals surface area contributed by atoms with Crippen LogP contribution < -0.4 is 5.32 Å². The quantitative estimate of drug-likeness (QED) is 0.752. The van der Waals surface area contributed by atoms with Crippen molar-refractivity contribution < 1.29 is 13.2 Å². The molecule has 0 atom stereocenters. The summed E-state index contributed by atoms with van der Waals surface area (Å²) in [6.07, 6.45) is 1.59. The van der Waals surface area contributed by atoms with Gasteiger partial charge in [0.1, 0.15) is 4.90 Å². The molecule has 4 rings (SSSR count). The fourth-order valence-corrected chi connectivity index (χ4v) is 4.25. The Kier molecular flexibility index (Phi) is 4.12. The van der Waals surface area contributed by atoms with Crippen molar-refractivity contribution >= 4 is 38.4 Å². The number of likely N-dealkylation sites (N-methyl/N-ethyl adjacent to an activating group) is 1. The predicted molar refractivity (Wildman–Crippen MR) is 103 cm³/mol. The second kappa shape index (κ2) is 6.48. The molecule has 0 saturated carbocycles. The number of hydrogen-bond donors (Lipinski definition) is 1. The van der Waals surface area contributed by atoms with Crippen LogP contribution >= 0.6 is 0 Å². The molecule has 1 aliphatic heterocycles. The summed E-state index contributed by atoms with van der Waals surface area (Å²) in [6, 6.07) is 16.0. The standard InChI is InChI=1S/C19H16N4O3S/c1-23(19-15-7-3-5-9-17(15)27(25,26)22-19)12-18(24)21-14-10-13-6-2-4-8-16(13)20-11-14/h2-11H,12H2,1H3,(H,21,24). The Labute approximate surface area is 156 Å². The zero-order valence-electron chi connectivity index (χ0n) is 14.5. The van der Waals surface area contributed by atoms with E-state index in [-0.39, 0.29) is 23.2 Å². The summed E-state index contributed by atoms with van der Waals surface area (Å²) in [5.74, 6) is -0.0311. The lowest BCUT2D eigenvalue weighted by molar-refractivity contribution is -0.116. The molecule has 1 amide bonds. The van der Waals surface area contributed by atoms with Gasteiger partial charge in [-0.3, -0.25) is 9.78 Å². The van der Waals surface area contributed by atoms with Crippen LogP contribution in [0.5, 0.6) is 0 Å². The maximum Gasteiger partial charge on any atom is 0.285 e. The highest BCUT2D eigenvalue weighted by Gasteiger charge is 2.30. The van der Waals surface area contributed by atoms with Crippen LogP contribution in [-0.4, -0.2) is 43.6 Å². The number of amidine groups is 1. The van der Waals surface area contributed by atoms with Gasteiger partial charge in [-0.2, -0.15) is 8.42 Å². The van der Waals surface area contributed by atoms with Crippen molar-refractivity contribution in [1.29, 1.82) is 0 Å². The van der Waals surface area contributed by atoms with E-state index in [2.05, 4.69) is 14.7 Å². The molecule has 1 N–H and O–H groups in total. The zero-order chi connectivity index (χ0) is 19.0. The Morgan fingerprint density at radius 3 is 2.70 bits per heavy atom. The molecule has 136 valence electrons. The van der Waals surface area contributed by atoms with Crippen molar-refractivity contribution in [3.63, 3.8) is 0 Å². The molecule has 2 aromatic carbocycles. The number of hydrogen-bond acceptors (Lipinski definition) is 5. The lowest BCUT2D eigenvalue weighted by Gasteiger charge is -2.18. The molecule has 0 saturated heterocycles. The molecule has 0 unspecified atom stereocenters. The van der Waals surface area contributed by atoms with Gasteiger partial charge in [-0.15, -0.1) is 4.40 Å². The van der Waals surface area contributed by atoms with Crippen LogP contribution in [0, 0.1) is 0 Å². The number of para-hydroxylation sites is 1. The van der Waals surface area contributed by atoms with Crippen LogP contribution in [0.3, 0.4) is 0 Å². The summed E-state index contributed by atoms with van der Waals surface area (Å²) in [5.41, 5.74) is 1.92. The maximum absolute atomic E-state index is 12.4. The van der Waals surface area contributed by atoms with Crippen LogP contribution in [0.1, 0.15) is 5.56 Å². The topological polar surface area (TPSA) is 91.7 Å². The largest absolute Gasteiger partial charge is 0.349 e. The number of nitrogens with zero attached hydrogens (tertiary/aromatic N) is 3. The molecule has 0 radical (unpaired) electrons. The fraction of sp³-hybridized carbons (Fsp3) is 0.105. The monoisotopic (exact) mass is 380 g/mol. The van der Waals surface area contributed by atoms with Gasteiger partial charge >= 0.3 is 0 Å². The molecular formula is C19H16N4O3S. The second-order valence-electron chi connectivity index (χ2n) is 6.21. The first-order valence-electron chi connectivity index (χ1n) is 8.24. The van der Waals surface area contributed by atoms with Crippen molar-refractivity contribution in [1.82, 2.24) is 9.88 Å². The number of carbonyl (C=O) groups is 1. The highest BCUT2D eigenvalue weighted by atomic mass is 32.2. The molecule has 8 heteroatoms. The SMILES string of the molecule is CN(CC(=O)Nc1cnc2ccccc2c1)C1=NS(=O)(=O)c2ccccc21. The van der Waals surface area contributed by atoms with Gasteiger partial charge in [0.25, 0.3) is 10.0 Å². The average molecular weight is 380 g/mol. The van der Waals surface area contributed by atoms with Gasteiger partial charge < -0.3 is 10.2 Å². The third kappa shape index (κ3) is 3.26. The Morgan fingerprint density at radius 1 is 1.11 bits per heavy atom. The van der Waals surface area contributed by atoms with Crippen molar-refractivity contribution in [2.24, 2.45) is 4.40 Å². The molecule has 1 aromatic heterocycles. The summed E-state index contributed by atoms with van der Waals surface area (Å²) < 4.78 is 28.1. The van der Waals surface area contributed by atoms with E-state index in [1.54, 1.807) is 31.4 Å². The number of pyridine rings is 1. The van der Waals surface area contributed by atoms with Gasteiger partial charge in [-0.1, -0.05) is 30.3 Å². The van der Waals surface area contributed by atoms with Crippen molar-refractivity contribution in [3.8, 4) is 0 Å². The van der Waals surface area contributed by atoms with Gasteiger partial charge in [0, 0.05) is 18.0 Å². The number of anilines is 1. The number of amides is 1. The van der Waals surface area contributed by atoms with Gasteiger partial charge in [-0.25, -0.2) is 0 Å². The number of rotatable bonds is 3. The normalized spacial score (nSPS) is 14.5. The number of aromatic nitrogens is 1. The molecule has 0 aliphatic carbocycles. The molecule has 2 heterocycles. The Hall–Kier alpha value is -3.26. The Balaban J connectivity index is 1.51. The second-order valence-corrected chi connectivity index (χ2v) is 7.78. The van der Waals surface area contributed by atoms with Crippen LogP contribution in [0.25, 0.3) is 10.9 Å². The van der Waals surface area contributed by atoms with Crippen LogP contribution in [-0.2, 0) is 14.8 Å². The molecular weight excluding hydrogens is 364 g/mol. The van der Waals surface area contributed by atoms with Crippen LogP contribution in [0.15, 0.2) is 70.1 Å². The van der Waals surface area contributed by atoms with Crippen molar-refractivity contribution in [2.75, 3.05) is 18.9 Å². The lowest BCUT2D eigenvalue weighted by Crippen LogP contribution is -2.34. The lowest BCUT2D eigenvalue weighted by atomic mass is 10.2. The Morgan fingerprint density at radius 2 is 1.85 bits per heavy atom. The van der Waals surface area contributed by atoms with E-state index in [9.17, 15) is 13.2 Å². The summed E-state index contributed by atoms with van der Waals surface area (Å²) >= 11 is 0. The van der Waals surface area contributed by atoms with E-state index in [0.29, 0.717) is 11.3 Å². The van der Waals surface area contributed by atoms with Gasteiger partial charge in [0.2, 0.25) is 5.91 Å².